The first kappa shape index (κ1) is 25.9. The van der Waals surface area contributed by atoms with Crippen molar-refractivity contribution in [2.45, 2.75) is 19.3 Å². The second-order valence-electron chi connectivity index (χ2n) is 11.5. The molecule has 8 rings (SSSR count). The topological polar surface area (TPSA) is 8.17 Å². The van der Waals surface area contributed by atoms with Gasteiger partial charge < -0.3 is 9.47 Å². The normalized spacial score (nSPS) is 13.0. The third kappa shape index (κ3) is 3.81. The summed E-state index contributed by atoms with van der Waals surface area (Å²) in [6.45, 7) is 4.69. The van der Waals surface area contributed by atoms with Crippen molar-refractivity contribution in [2.75, 3.05) is 4.90 Å². The molecule has 3 radical (unpaired) electrons. The minimum Gasteiger partial charge on any atom is -0.310 e. The van der Waals surface area contributed by atoms with Gasteiger partial charge in [0, 0.05) is 47.4 Å². The highest BCUT2D eigenvalue weighted by molar-refractivity contribution is 6.10. The Morgan fingerprint density at radius 2 is 1.07 bits per heavy atom. The van der Waals surface area contributed by atoms with E-state index in [1.807, 2.05) is 0 Å². The molecule has 1 heterocycles. The van der Waals surface area contributed by atoms with Crippen molar-refractivity contribution in [2.24, 2.45) is 0 Å². The van der Waals surface area contributed by atoms with E-state index in [2.05, 4.69) is 169 Å². The number of para-hydroxylation sites is 3. The van der Waals surface area contributed by atoms with Crippen LogP contribution in [0.1, 0.15) is 25.0 Å². The first-order valence-corrected chi connectivity index (χ1v) is 14.3. The van der Waals surface area contributed by atoms with E-state index in [1.165, 1.54) is 49.7 Å². The standard InChI is InChI=1S/C39H30N2.B/c1-39(2)35-19-11-9-17-31(35)32-23-21-29(25-36(32)39)40(27-13-5-3-6-14-27)30-22-24-34-33-18-10-12-20-37(33)41(38(34)26-30)28-15-7-4-8-16-28;/h3-26H,1-2H3;. The van der Waals surface area contributed by atoms with Crippen LogP contribution in [0.4, 0.5) is 17.1 Å². The molecule has 3 heteroatoms. The van der Waals surface area contributed by atoms with Crippen LogP contribution >= 0.6 is 0 Å². The van der Waals surface area contributed by atoms with Crippen LogP contribution in [-0.4, -0.2) is 13.0 Å². The Kier molecular flexibility index (Phi) is 6.06. The van der Waals surface area contributed by atoms with E-state index < -0.39 is 0 Å². The van der Waals surface area contributed by atoms with Crippen LogP contribution in [0.3, 0.4) is 0 Å². The van der Waals surface area contributed by atoms with Gasteiger partial charge in [-0.3, -0.25) is 0 Å². The molecule has 0 saturated carbocycles. The number of nitrogens with zero attached hydrogens (tertiary/aromatic N) is 2. The molecule has 42 heavy (non-hydrogen) atoms. The van der Waals surface area contributed by atoms with Crippen molar-refractivity contribution in [3.8, 4) is 16.8 Å². The maximum Gasteiger partial charge on any atom is 0.0561 e. The summed E-state index contributed by atoms with van der Waals surface area (Å²) in [6.07, 6.45) is 0. The van der Waals surface area contributed by atoms with E-state index in [9.17, 15) is 0 Å². The molecular weight excluding hydrogens is 507 g/mol. The molecule has 1 aliphatic carbocycles. The predicted octanol–water partition coefficient (Wildman–Crippen LogP) is 10.2. The summed E-state index contributed by atoms with van der Waals surface area (Å²) < 4.78 is 2.39. The van der Waals surface area contributed by atoms with Gasteiger partial charge in [0.05, 0.1) is 11.0 Å². The van der Waals surface area contributed by atoms with Crippen LogP contribution in [0.25, 0.3) is 38.6 Å². The van der Waals surface area contributed by atoms with Crippen LogP contribution < -0.4 is 4.90 Å². The molecule has 0 unspecified atom stereocenters. The van der Waals surface area contributed by atoms with Gasteiger partial charge >= 0.3 is 0 Å². The fraction of sp³-hybridized carbons (Fsp3) is 0.0769. The van der Waals surface area contributed by atoms with Crippen LogP contribution in [0.2, 0.25) is 0 Å². The molecule has 2 nitrogen and oxygen atoms in total. The molecule has 7 aromatic rings. The van der Waals surface area contributed by atoms with Crippen molar-refractivity contribution >= 4 is 47.3 Å². The zero-order valence-electron chi connectivity index (χ0n) is 23.8. The van der Waals surface area contributed by atoms with Gasteiger partial charge in [0.1, 0.15) is 0 Å². The molecular formula is C39H30BN2. The van der Waals surface area contributed by atoms with E-state index in [0.717, 1.165) is 17.1 Å². The molecule has 0 amide bonds. The smallest absolute Gasteiger partial charge is 0.0561 e. The third-order valence-electron chi connectivity index (χ3n) is 8.77. The third-order valence-corrected chi connectivity index (χ3v) is 8.77. The molecule has 0 N–H and O–H groups in total. The summed E-state index contributed by atoms with van der Waals surface area (Å²) in [5.74, 6) is 0. The van der Waals surface area contributed by atoms with Crippen molar-refractivity contribution in [3.05, 3.63) is 157 Å². The Hall–Kier alpha value is -5.02. The first-order valence-electron chi connectivity index (χ1n) is 14.3. The number of hydrogen-bond donors (Lipinski definition) is 0. The summed E-state index contributed by atoms with van der Waals surface area (Å²) in [4.78, 5) is 2.39. The van der Waals surface area contributed by atoms with Gasteiger partial charge in [0.25, 0.3) is 0 Å². The highest BCUT2D eigenvalue weighted by atomic mass is 15.1. The van der Waals surface area contributed by atoms with Crippen LogP contribution in [0.5, 0.6) is 0 Å². The largest absolute Gasteiger partial charge is 0.310 e. The average molecular weight is 537 g/mol. The lowest BCUT2D eigenvalue weighted by Gasteiger charge is -2.28. The second kappa shape index (κ2) is 9.82. The quantitative estimate of drug-likeness (QED) is 0.203. The molecule has 0 atom stereocenters. The fourth-order valence-electron chi connectivity index (χ4n) is 6.81. The van der Waals surface area contributed by atoms with Gasteiger partial charge in [0.2, 0.25) is 0 Å². The lowest BCUT2D eigenvalue weighted by atomic mass is 9.82. The van der Waals surface area contributed by atoms with E-state index >= 15 is 0 Å². The Morgan fingerprint density at radius 1 is 0.476 bits per heavy atom. The predicted molar refractivity (Wildman–Crippen MR) is 179 cm³/mol. The zero-order valence-corrected chi connectivity index (χ0v) is 23.8. The SMILES string of the molecule is CC1(C)c2ccccc2-c2ccc(N(c3ccccc3)c3ccc4c5ccccc5n(-c5ccccc5)c4c3)cc21.[B]. The summed E-state index contributed by atoms with van der Waals surface area (Å²) >= 11 is 0. The summed E-state index contributed by atoms with van der Waals surface area (Å²) in [5, 5.41) is 2.52. The minimum atomic E-state index is -0.0615. The number of fused-ring (bicyclic) bond motifs is 6. The maximum absolute atomic E-state index is 2.40. The van der Waals surface area contributed by atoms with Gasteiger partial charge in [0.15, 0.2) is 0 Å². The summed E-state index contributed by atoms with van der Waals surface area (Å²) in [7, 11) is 0. The summed E-state index contributed by atoms with van der Waals surface area (Å²) in [6, 6.07) is 52.8. The van der Waals surface area contributed by atoms with Crippen molar-refractivity contribution < 1.29 is 0 Å². The lowest BCUT2D eigenvalue weighted by Crippen LogP contribution is -2.16. The van der Waals surface area contributed by atoms with Crippen LogP contribution in [0.15, 0.2) is 146 Å². The number of hydrogen-bond acceptors (Lipinski definition) is 1. The molecule has 1 aliphatic rings. The van der Waals surface area contributed by atoms with Crippen LogP contribution in [-0.2, 0) is 5.41 Å². The van der Waals surface area contributed by atoms with E-state index in [0.29, 0.717) is 0 Å². The first-order chi connectivity index (χ1) is 20.1. The Balaban J connectivity index is 0.00000288. The lowest BCUT2D eigenvalue weighted by molar-refractivity contribution is 0.660. The van der Waals surface area contributed by atoms with Crippen molar-refractivity contribution in [3.63, 3.8) is 0 Å². The fourth-order valence-corrected chi connectivity index (χ4v) is 6.81. The molecule has 0 bridgehead atoms. The van der Waals surface area contributed by atoms with Gasteiger partial charge in [-0.05, 0) is 76.9 Å². The molecule has 0 aliphatic heterocycles. The second-order valence-corrected chi connectivity index (χ2v) is 11.5. The molecule has 0 saturated heterocycles. The molecule has 1 aromatic heterocycles. The van der Waals surface area contributed by atoms with Crippen LogP contribution in [0, 0.1) is 0 Å². The molecule has 6 aromatic carbocycles. The van der Waals surface area contributed by atoms with Gasteiger partial charge in [-0.25, -0.2) is 0 Å². The Labute approximate surface area is 249 Å². The molecule has 0 fully saturated rings. The van der Waals surface area contributed by atoms with E-state index in [-0.39, 0.29) is 13.8 Å². The highest BCUT2D eigenvalue weighted by Crippen LogP contribution is 2.50. The summed E-state index contributed by atoms with van der Waals surface area (Å²) in [5.41, 5.74) is 12.4. The van der Waals surface area contributed by atoms with Gasteiger partial charge in [-0.1, -0.05) is 105 Å². The monoisotopic (exact) mass is 537 g/mol. The van der Waals surface area contributed by atoms with Gasteiger partial charge in [-0.2, -0.15) is 0 Å². The number of anilines is 3. The zero-order chi connectivity index (χ0) is 27.6. The number of aromatic nitrogens is 1. The number of benzene rings is 6. The molecule has 0 spiro atoms. The highest BCUT2D eigenvalue weighted by Gasteiger charge is 2.35. The Morgan fingerprint density at radius 3 is 1.88 bits per heavy atom. The van der Waals surface area contributed by atoms with Crippen molar-refractivity contribution in [1.82, 2.24) is 4.57 Å². The maximum atomic E-state index is 2.40. The Bertz CT molecular complexity index is 2070. The van der Waals surface area contributed by atoms with E-state index in [4.69, 9.17) is 0 Å². The number of rotatable bonds is 4. The average Bonchev–Trinajstić information content (AvgIpc) is 3.47. The van der Waals surface area contributed by atoms with E-state index in [1.54, 1.807) is 0 Å². The van der Waals surface area contributed by atoms with Crippen molar-refractivity contribution in [1.29, 1.82) is 0 Å². The molecule has 199 valence electrons. The minimum absolute atomic E-state index is 0. The van der Waals surface area contributed by atoms with Gasteiger partial charge in [-0.15, -0.1) is 0 Å².